The van der Waals surface area contributed by atoms with Gasteiger partial charge < -0.3 is 10.1 Å². The average molecular weight is 254 g/mol. The van der Waals surface area contributed by atoms with Gasteiger partial charge >= 0.3 is 6.18 Å². The fourth-order valence-electron chi connectivity index (χ4n) is 1.09. The van der Waals surface area contributed by atoms with Gasteiger partial charge in [0.2, 0.25) is 6.41 Å². The highest BCUT2D eigenvalue weighted by Gasteiger charge is 2.35. The zero-order chi connectivity index (χ0) is 12.3. The van der Waals surface area contributed by atoms with Crippen LogP contribution in [0.1, 0.15) is 5.56 Å². The summed E-state index contributed by atoms with van der Waals surface area (Å²) >= 11 is 5.50. The van der Waals surface area contributed by atoms with E-state index in [0.29, 0.717) is 0 Å². The van der Waals surface area contributed by atoms with Crippen molar-refractivity contribution in [2.24, 2.45) is 0 Å². The van der Waals surface area contributed by atoms with Crippen LogP contribution in [0.4, 0.5) is 18.9 Å². The number of halogens is 4. The Hall–Kier alpha value is -1.43. The largest absolute Gasteiger partial charge is 0.497 e. The molecular formula is C9H7ClF3NO2. The number of nitrogens with one attached hydrogen (secondary N) is 1. The molecule has 0 radical (unpaired) electrons. The Balaban J connectivity index is 3.37. The SMILES string of the molecule is COc1cc(NC=O)c(Cl)c(C(F)(F)F)c1. The monoisotopic (exact) mass is 253 g/mol. The third kappa shape index (κ3) is 2.57. The smallest absolute Gasteiger partial charge is 0.418 e. The number of anilines is 1. The molecule has 88 valence electrons. The van der Waals surface area contributed by atoms with Gasteiger partial charge in [-0.15, -0.1) is 0 Å². The van der Waals surface area contributed by atoms with Crippen molar-refractivity contribution in [3.63, 3.8) is 0 Å². The number of benzene rings is 1. The highest BCUT2D eigenvalue weighted by atomic mass is 35.5. The predicted molar refractivity (Wildman–Crippen MR) is 52.7 cm³/mol. The average Bonchev–Trinajstić information content (AvgIpc) is 2.19. The Labute approximate surface area is 94.2 Å². The van der Waals surface area contributed by atoms with E-state index >= 15 is 0 Å². The summed E-state index contributed by atoms with van der Waals surface area (Å²) in [5, 5.41) is 1.50. The normalized spacial score (nSPS) is 11.1. The number of carbonyl (C=O) groups excluding carboxylic acids is 1. The first-order chi connectivity index (χ1) is 7.40. The van der Waals surface area contributed by atoms with Crippen molar-refractivity contribution in [2.75, 3.05) is 12.4 Å². The number of methoxy groups -OCH3 is 1. The Bertz CT molecular complexity index is 406. The van der Waals surface area contributed by atoms with Gasteiger partial charge in [0.15, 0.2) is 0 Å². The molecule has 0 heterocycles. The number of alkyl halides is 3. The molecule has 0 atom stereocenters. The second kappa shape index (κ2) is 4.61. The lowest BCUT2D eigenvalue weighted by molar-refractivity contribution is -0.137. The van der Waals surface area contributed by atoms with Crippen molar-refractivity contribution in [2.45, 2.75) is 6.18 Å². The van der Waals surface area contributed by atoms with E-state index < -0.39 is 16.8 Å². The summed E-state index contributed by atoms with van der Waals surface area (Å²) < 4.78 is 42.3. The van der Waals surface area contributed by atoms with Crippen LogP contribution in [0.3, 0.4) is 0 Å². The molecule has 16 heavy (non-hydrogen) atoms. The van der Waals surface area contributed by atoms with Gasteiger partial charge in [-0.25, -0.2) is 0 Å². The molecule has 3 nitrogen and oxygen atoms in total. The fraction of sp³-hybridized carbons (Fsp3) is 0.222. The van der Waals surface area contributed by atoms with Crippen molar-refractivity contribution in [1.82, 2.24) is 0 Å². The van der Waals surface area contributed by atoms with Crippen molar-refractivity contribution in [3.8, 4) is 5.75 Å². The van der Waals surface area contributed by atoms with E-state index in [0.717, 1.165) is 6.07 Å². The molecule has 0 spiro atoms. The molecule has 1 N–H and O–H groups in total. The van der Waals surface area contributed by atoms with Crippen molar-refractivity contribution < 1.29 is 22.7 Å². The van der Waals surface area contributed by atoms with E-state index in [9.17, 15) is 18.0 Å². The fourth-order valence-corrected chi connectivity index (χ4v) is 1.36. The first-order valence-electron chi connectivity index (χ1n) is 4.05. The molecule has 1 aromatic carbocycles. The molecule has 0 aliphatic carbocycles. The lowest BCUT2D eigenvalue weighted by Crippen LogP contribution is -2.08. The van der Waals surface area contributed by atoms with E-state index in [1.165, 1.54) is 13.2 Å². The van der Waals surface area contributed by atoms with E-state index in [-0.39, 0.29) is 17.8 Å². The molecule has 1 rings (SSSR count). The number of hydrogen-bond acceptors (Lipinski definition) is 2. The van der Waals surface area contributed by atoms with Crippen LogP contribution in [0.5, 0.6) is 5.75 Å². The van der Waals surface area contributed by atoms with Gasteiger partial charge in [-0.2, -0.15) is 13.2 Å². The second-order valence-corrected chi connectivity index (χ2v) is 3.17. The molecule has 0 bridgehead atoms. The summed E-state index contributed by atoms with van der Waals surface area (Å²) in [5.41, 5.74) is -1.21. The van der Waals surface area contributed by atoms with Crippen LogP contribution >= 0.6 is 11.6 Å². The van der Waals surface area contributed by atoms with E-state index in [4.69, 9.17) is 11.6 Å². The Morgan fingerprint density at radius 1 is 1.44 bits per heavy atom. The topological polar surface area (TPSA) is 38.3 Å². The van der Waals surface area contributed by atoms with Crippen LogP contribution in [-0.4, -0.2) is 13.5 Å². The molecular weight excluding hydrogens is 247 g/mol. The maximum Gasteiger partial charge on any atom is 0.418 e. The maximum atomic E-state index is 12.5. The standard InChI is InChI=1S/C9H7ClF3NO2/c1-16-5-2-6(9(11,12)13)8(10)7(3-5)14-4-15/h2-4H,1H3,(H,14,15). The maximum absolute atomic E-state index is 12.5. The molecule has 0 aromatic heterocycles. The quantitative estimate of drug-likeness (QED) is 0.841. The molecule has 0 aliphatic heterocycles. The molecule has 1 amide bonds. The molecule has 0 saturated carbocycles. The molecule has 7 heteroatoms. The number of rotatable bonds is 3. The van der Waals surface area contributed by atoms with Gasteiger partial charge in [0.25, 0.3) is 0 Å². The molecule has 0 saturated heterocycles. The Morgan fingerprint density at radius 3 is 2.50 bits per heavy atom. The summed E-state index contributed by atoms with van der Waals surface area (Å²) in [6.07, 6.45) is -4.37. The van der Waals surface area contributed by atoms with Crippen LogP contribution in [0.2, 0.25) is 5.02 Å². The minimum absolute atomic E-state index is 0.0407. The van der Waals surface area contributed by atoms with Crippen LogP contribution in [0, 0.1) is 0 Å². The lowest BCUT2D eigenvalue weighted by Gasteiger charge is -2.13. The van der Waals surface area contributed by atoms with Crippen LogP contribution in [-0.2, 0) is 11.0 Å². The molecule has 0 fully saturated rings. The van der Waals surface area contributed by atoms with Crippen molar-refractivity contribution in [1.29, 1.82) is 0 Å². The molecule has 1 aromatic rings. The summed E-state index contributed by atoms with van der Waals surface area (Å²) in [6, 6.07) is 1.96. The minimum Gasteiger partial charge on any atom is -0.497 e. The third-order valence-corrected chi connectivity index (χ3v) is 2.21. The van der Waals surface area contributed by atoms with E-state index in [1.54, 1.807) is 0 Å². The van der Waals surface area contributed by atoms with E-state index in [2.05, 4.69) is 10.1 Å². The summed E-state index contributed by atoms with van der Waals surface area (Å²) in [6.45, 7) is 0. The first-order valence-corrected chi connectivity index (χ1v) is 4.43. The van der Waals surface area contributed by atoms with Gasteiger partial charge in [0.1, 0.15) is 5.75 Å². The Kier molecular flexibility index (Phi) is 3.64. The van der Waals surface area contributed by atoms with Crippen LogP contribution in [0.15, 0.2) is 12.1 Å². The third-order valence-electron chi connectivity index (χ3n) is 1.80. The zero-order valence-corrected chi connectivity index (χ0v) is 8.82. The lowest BCUT2D eigenvalue weighted by atomic mass is 10.1. The zero-order valence-electron chi connectivity index (χ0n) is 8.06. The van der Waals surface area contributed by atoms with Crippen molar-refractivity contribution >= 4 is 23.7 Å². The highest BCUT2D eigenvalue weighted by molar-refractivity contribution is 6.34. The molecule has 0 aliphatic rings. The summed E-state index contributed by atoms with van der Waals surface area (Å²) in [7, 11) is 1.22. The van der Waals surface area contributed by atoms with Gasteiger partial charge in [-0.05, 0) is 6.07 Å². The number of ether oxygens (including phenoxy) is 1. The van der Waals surface area contributed by atoms with E-state index in [1.807, 2.05) is 0 Å². The van der Waals surface area contributed by atoms with Gasteiger partial charge in [0.05, 0.1) is 23.4 Å². The predicted octanol–water partition coefficient (Wildman–Crippen LogP) is 2.94. The highest BCUT2D eigenvalue weighted by Crippen LogP contribution is 2.40. The summed E-state index contributed by atoms with van der Waals surface area (Å²) in [4.78, 5) is 10.2. The van der Waals surface area contributed by atoms with Crippen molar-refractivity contribution in [3.05, 3.63) is 22.7 Å². The summed E-state index contributed by atoms with van der Waals surface area (Å²) in [5.74, 6) is -0.0407. The number of carbonyl (C=O) groups is 1. The number of amides is 1. The first kappa shape index (κ1) is 12.6. The van der Waals surface area contributed by atoms with Crippen LogP contribution in [0.25, 0.3) is 0 Å². The number of hydrogen-bond donors (Lipinski definition) is 1. The minimum atomic E-state index is -4.61. The Morgan fingerprint density at radius 2 is 2.06 bits per heavy atom. The van der Waals surface area contributed by atoms with Crippen LogP contribution < -0.4 is 10.1 Å². The second-order valence-electron chi connectivity index (χ2n) is 2.80. The van der Waals surface area contributed by atoms with Gasteiger partial charge in [0, 0.05) is 6.07 Å². The molecule has 0 unspecified atom stereocenters. The van der Waals surface area contributed by atoms with Gasteiger partial charge in [-0.3, -0.25) is 4.79 Å². The van der Waals surface area contributed by atoms with Gasteiger partial charge in [-0.1, -0.05) is 11.6 Å².